The molecular formula is C11H18N2O6. The van der Waals surface area contributed by atoms with Crippen LogP contribution < -0.4 is 11.1 Å². The molecule has 1 atom stereocenters. The number of carbonyl (C=O) groups excluding carboxylic acids is 1. The number of aliphatic carboxylic acids is 2. The predicted molar refractivity (Wildman–Crippen MR) is 63.4 cm³/mol. The largest absolute Gasteiger partial charge is 0.481 e. The van der Waals surface area contributed by atoms with Crippen molar-refractivity contribution < 1.29 is 29.3 Å². The normalized spacial score (nSPS) is 19.4. The third kappa shape index (κ3) is 4.49. The number of carboxylic acid groups (broad SMARTS) is 2. The van der Waals surface area contributed by atoms with Crippen LogP contribution in [0.1, 0.15) is 25.7 Å². The van der Waals surface area contributed by atoms with E-state index in [1.54, 1.807) is 0 Å². The fourth-order valence-corrected chi connectivity index (χ4v) is 1.79. The number of hydrogen-bond acceptors (Lipinski definition) is 5. The molecule has 5 N–H and O–H groups in total. The van der Waals surface area contributed by atoms with Gasteiger partial charge in [-0.2, -0.15) is 0 Å². The Morgan fingerprint density at radius 3 is 2.32 bits per heavy atom. The summed E-state index contributed by atoms with van der Waals surface area (Å²) in [6.07, 6.45) is 0.106. The van der Waals surface area contributed by atoms with E-state index in [1.165, 1.54) is 0 Å². The lowest BCUT2D eigenvalue weighted by Gasteiger charge is -2.32. The molecule has 1 unspecified atom stereocenters. The van der Waals surface area contributed by atoms with Crippen LogP contribution in [0, 0.1) is 0 Å². The van der Waals surface area contributed by atoms with Gasteiger partial charge in [0.25, 0.3) is 0 Å². The maximum absolute atomic E-state index is 12.0. The van der Waals surface area contributed by atoms with Gasteiger partial charge in [-0.05, 0) is 19.3 Å². The number of carbonyl (C=O) groups is 3. The lowest BCUT2D eigenvalue weighted by molar-refractivity contribution is -0.144. The number of ether oxygens (including phenoxy) is 1. The Morgan fingerprint density at radius 2 is 1.84 bits per heavy atom. The highest BCUT2D eigenvalue weighted by Crippen LogP contribution is 2.18. The van der Waals surface area contributed by atoms with Crippen LogP contribution in [0.15, 0.2) is 0 Å². The predicted octanol–water partition coefficient (Wildman–Crippen LogP) is -1.07. The van der Waals surface area contributed by atoms with Crippen LogP contribution in [-0.2, 0) is 19.1 Å². The van der Waals surface area contributed by atoms with E-state index in [1.807, 2.05) is 0 Å². The van der Waals surface area contributed by atoms with Crippen molar-refractivity contribution in [2.24, 2.45) is 5.73 Å². The molecule has 108 valence electrons. The minimum Gasteiger partial charge on any atom is -0.481 e. The first-order valence-electron chi connectivity index (χ1n) is 5.97. The molecule has 1 amide bonds. The molecule has 0 bridgehead atoms. The van der Waals surface area contributed by atoms with E-state index >= 15 is 0 Å². The van der Waals surface area contributed by atoms with Crippen LogP contribution in [0.3, 0.4) is 0 Å². The molecule has 0 saturated carbocycles. The summed E-state index contributed by atoms with van der Waals surface area (Å²) in [6.45, 7) is 0.688. The topological polar surface area (TPSA) is 139 Å². The zero-order valence-electron chi connectivity index (χ0n) is 10.4. The van der Waals surface area contributed by atoms with Crippen LogP contribution in [0.2, 0.25) is 0 Å². The molecule has 19 heavy (non-hydrogen) atoms. The first kappa shape index (κ1) is 15.4. The second-order valence-corrected chi connectivity index (χ2v) is 4.57. The molecule has 8 nitrogen and oxygen atoms in total. The standard InChI is InChI=1S/C11H18N2O6/c12-11(3-5-19-6-4-11)10(18)13-7(9(16)17)1-2-8(14)15/h7H,1-6,12H2,(H,13,18)(H,14,15)(H,16,17). The Hall–Kier alpha value is -1.67. The first-order valence-corrected chi connectivity index (χ1v) is 5.97. The minimum atomic E-state index is -1.27. The van der Waals surface area contributed by atoms with Crippen LogP contribution in [0.4, 0.5) is 0 Å². The average Bonchev–Trinajstić information content (AvgIpc) is 2.34. The molecule has 1 aliphatic heterocycles. The van der Waals surface area contributed by atoms with Crippen LogP contribution in [-0.4, -0.2) is 52.9 Å². The molecule has 1 heterocycles. The molecule has 0 radical (unpaired) electrons. The monoisotopic (exact) mass is 274 g/mol. The van der Waals surface area contributed by atoms with Gasteiger partial charge in [-0.3, -0.25) is 9.59 Å². The maximum Gasteiger partial charge on any atom is 0.326 e. The highest BCUT2D eigenvalue weighted by atomic mass is 16.5. The van der Waals surface area contributed by atoms with Gasteiger partial charge in [-0.25, -0.2) is 4.79 Å². The highest BCUT2D eigenvalue weighted by Gasteiger charge is 2.37. The third-order valence-corrected chi connectivity index (χ3v) is 3.09. The molecule has 1 aliphatic rings. The molecule has 1 saturated heterocycles. The average molecular weight is 274 g/mol. The lowest BCUT2D eigenvalue weighted by atomic mass is 9.90. The van der Waals surface area contributed by atoms with Crippen LogP contribution >= 0.6 is 0 Å². The Bertz CT molecular complexity index is 364. The molecule has 0 aromatic heterocycles. The van der Waals surface area contributed by atoms with E-state index < -0.39 is 29.4 Å². The summed E-state index contributed by atoms with van der Waals surface area (Å²) in [5.74, 6) is -2.96. The lowest BCUT2D eigenvalue weighted by Crippen LogP contribution is -2.59. The number of rotatable bonds is 6. The van der Waals surface area contributed by atoms with Gasteiger partial charge in [0.15, 0.2) is 0 Å². The Morgan fingerprint density at radius 1 is 1.26 bits per heavy atom. The van der Waals surface area contributed by atoms with Gasteiger partial charge in [-0.1, -0.05) is 0 Å². The Balaban J connectivity index is 2.59. The van der Waals surface area contributed by atoms with Crippen molar-refractivity contribution in [1.29, 1.82) is 0 Å². The first-order chi connectivity index (χ1) is 8.85. The van der Waals surface area contributed by atoms with Crippen molar-refractivity contribution in [2.75, 3.05) is 13.2 Å². The highest BCUT2D eigenvalue weighted by molar-refractivity contribution is 5.90. The van der Waals surface area contributed by atoms with Gasteiger partial charge in [-0.15, -0.1) is 0 Å². The van der Waals surface area contributed by atoms with Gasteiger partial charge in [0, 0.05) is 19.6 Å². The zero-order valence-corrected chi connectivity index (χ0v) is 10.4. The van der Waals surface area contributed by atoms with Gasteiger partial charge in [0.1, 0.15) is 6.04 Å². The fourth-order valence-electron chi connectivity index (χ4n) is 1.79. The summed E-state index contributed by atoms with van der Waals surface area (Å²) in [6, 6.07) is -1.24. The molecule has 1 rings (SSSR count). The summed E-state index contributed by atoms with van der Waals surface area (Å²) < 4.78 is 5.09. The molecule has 0 aliphatic carbocycles. The fraction of sp³-hybridized carbons (Fsp3) is 0.727. The summed E-state index contributed by atoms with van der Waals surface area (Å²) >= 11 is 0. The molecule has 0 spiro atoms. The van der Waals surface area contributed by atoms with E-state index in [4.69, 9.17) is 20.7 Å². The quantitative estimate of drug-likeness (QED) is 0.483. The number of carboxylic acids is 2. The number of nitrogens with two attached hydrogens (primary N) is 1. The zero-order chi connectivity index (χ0) is 14.5. The summed E-state index contributed by atoms with van der Waals surface area (Å²) in [7, 11) is 0. The van der Waals surface area contributed by atoms with Crippen molar-refractivity contribution in [1.82, 2.24) is 5.32 Å². The summed E-state index contributed by atoms with van der Waals surface area (Å²) in [4.78, 5) is 33.4. The third-order valence-electron chi connectivity index (χ3n) is 3.09. The van der Waals surface area contributed by atoms with E-state index in [9.17, 15) is 14.4 Å². The molecule has 1 fully saturated rings. The molecule has 0 aromatic carbocycles. The molecular weight excluding hydrogens is 256 g/mol. The Kier molecular flexibility index (Phi) is 5.25. The minimum absolute atomic E-state index is 0.178. The molecule has 0 aromatic rings. The van der Waals surface area contributed by atoms with E-state index in [0.717, 1.165) is 0 Å². The number of amides is 1. The smallest absolute Gasteiger partial charge is 0.326 e. The van der Waals surface area contributed by atoms with Gasteiger partial charge >= 0.3 is 11.9 Å². The van der Waals surface area contributed by atoms with Crippen LogP contribution in [0.5, 0.6) is 0 Å². The maximum atomic E-state index is 12.0. The van der Waals surface area contributed by atoms with E-state index in [2.05, 4.69) is 5.32 Å². The van der Waals surface area contributed by atoms with E-state index in [-0.39, 0.29) is 12.8 Å². The van der Waals surface area contributed by atoms with Crippen molar-refractivity contribution in [3.63, 3.8) is 0 Å². The van der Waals surface area contributed by atoms with Crippen molar-refractivity contribution >= 4 is 17.8 Å². The SMILES string of the molecule is NC1(C(=O)NC(CCC(=O)O)C(=O)O)CCOCC1. The number of hydrogen-bond donors (Lipinski definition) is 4. The second-order valence-electron chi connectivity index (χ2n) is 4.57. The van der Waals surface area contributed by atoms with Crippen molar-refractivity contribution in [3.8, 4) is 0 Å². The molecule has 8 heteroatoms. The summed E-state index contributed by atoms with van der Waals surface area (Å²) in [5, 5.41) is 19.8. The van der Waals surface area contributed by atoms with Gasteiger partial charge in [0.2, 0.25) is 5.91 Å². The van der Waals surface area contributed by atoms with Gasteiger partial charge < -0.3 is 26.0 Å². The van der Waals surface area contributed by atoms with E-state index in [0.29, 0.717) is 26.1 Å². The van der Waals surface area contributed by atoms with Crippen molar-refractivity contribution in [3.05, 3.63) is 0 Å². The summed E-state index contributed by atoms with van der Waals surface area (Å²) in [5.41, 5.74) is 4.76. The van der Waals surface area contributed by atoms with Crippen molar-refractivity contribution in [2.45, 2.75) is 37.3 Å². The second kappa shape index (κ2) is 6.48. The van der Waals surface area contributed by atoms with Crippen LogP contribution in [0.25, 0.3) is 0 Å². The Labute approximate surface area is 109 Å². The van der Waals surface area contributed by atoms with Gasteiger partial charge in [0.05, 0.1) is 5.54 Å². The number of nitrogens with one attached hydrogen (secondary N) is 1.